The number of benzene rings is 2. The smallest absolute Gasteiger partial charge is 0.209 e. The molecule has 3 aromatic rings. The third-order valence-corrected chi connectivity index (χ3v) is 6.61. The van der Waals surface area contributed by atoms with Gasteiger partial charge in [-0.1, -0.05) is 57.0 Å². The van der Waals surface area contributed by atoms with Gasteiger partial charge in [0.15, 0.2) is 11.5 Å². The fraction of sp³-hybridized carbons (Fsp3) is 0.316. The fourth-order valence-electron chi connectivity index (χ4n) is 2.56. The van der Waals surface area contributed by atoms with Crippen LogP contribution in [0.1, 0.15) is 11.1 Å². The second-order valence-corrected chi connectivity index (χ2v) is 8.97. The predicted octanol–water partition coefficient (Wildman–Crippen LogP) is 4.75. The van der Waals surface area contributed by atoms with E-state index in [0.717, 1.165) is 33.1 Å². The number of aromatic nitrogens is 4. The Morgan fingerprint density at radius 2 is 2.00 bits per heavy atom. The zero-order valence-corrected chi connectivity index (χ0v) is 20.3. The molecular weight excluding hydrogens is 513 g/mol. The van der Waals surface area contributed by atoms with Gasteiger partial charge in [0, 0.05) is 30.4 Å². The van der Waals surface area contributed by atoms with Crippen LogP contribution in [0.4, 0.5) is 0 Å². The number of halogens is 3. The highest BCUT2D eigenvalue weighted by atomic mass is 79.9. The van der Waals surface area contributed by atoms with E-state index in [9.17, 15) is 0 Å². The van der Waals surface area contributed by atoms with E-state index in [1.807, 2.05) is 25.2 Å². The van der Waals surface area contributed by atoms with Gasteiger partial charge in [0.2, 0.25) is 5.16 Å². The summed E-state index contributed by atoms with van der Waals surface area (Å²) in [7, 11) is 3.45. The maximum Gasteiger partial charge on any atom is 0.209 e. The zero-order chi connectivity index (χ0) is 21.5. The first-order valence-corrected chi connectivity index (χ1v) is 11.5. The van der Waals surface area contributed by atoms with Crippen molar-refractivity contribution in [2.24, 2.45) is 7.05 Å². The number of hydrogen-bond acceptors (Lipinski definition) is 7. The molecule has 0 aliphatic rings. The molecule has 1 heterocycles. The van der Waals surface area contributed by atoms with Gasteiger partial charge in [0.25, 0.3) is 0 Å². The molecule has 11 heteroatoms. The molecule has 0 spiro atoms. The second-order valence-electron chi connectivity index (χ2n) is 6.24. The molecule has 1 aromatic heterocycles. The highest BCUT2D eigenvalue weighted by Crippen LogP contribution is 2.34. The van der Waals surface area contributed by atoms with Gasteiger partial charge < -0.3 is 14.8 Å². The molecule has 2 aromatic carbocycles. The van der Waals surface area contributed by atoms with Gasteiger partial charge in [-0.05, 0) is 45.8 Å². The number of rotatable bonds is 10. The molecule has 0 aliphatic carbocycles. The number of aryl methyl sites for hydroxylation is 1. The van der Waals surface area contributed by atoms with Gasteiger partial charge in [-0.3, -0.25) is 0 Å². The Kier molecular flexibility index (Phi) is 8.64. The summed E-state index contributed by atoms with van der Waals surface area (Å²) in [6.07, 6.45) is 0. The lowest BCUT2D eigenvalue weighted by Gasteiger charge is -2.15. The third-order valence-electron chi connectivity index (χ3n) is 4.12. The van der Waals surface area contributed by atoms with Crippen LogP contribution in [-0.2, 0) is 20.2 Å². The van der Waals surface area contributed by atoms with E-state index in [2.05, 4.69) is 36.8 Å². The monoisotopic (exact) mass is 531 g/mol. The van der Waals surface area contributed by atoms with E-state index < -0.39 is 0 Å². The molecule has 0 saturated carbocycles. The normalized spacial score (nSPS) is 11.0. The standard InChI is InChI=1S/C19H20BrCl2N5O2S/c1-27-19(24-25-26-27)30-6-5-23-10-13-8-17(28-2)18(9-14(13)20)29-11-12-3-4-15(21)16(22)7-12/h3-4,7-9,23H,5-6,10-11H2,1-2H3. The van der Waals surface area contributed by atoms with Crippen molar-refractivity contribution < 1.29 is 9.47 Å². The van der Waals surface area contributed by atoms with Crippen LogP contribution in [0.15, 0.2) is 40.0 Å². The lowest BCUT2D eigenvalue weighted by atomic mass is 10.2. The molecule has 0 amide bonds. The summed E-state index contributed by atoms with van der Waals surface area (Å²) in [6, 6.07) is 9.29. The van der Waals surface area contributed by atoms with Crippen molar-refractivity contribution in [3.63, 3.8) is 0 Å². The van der Waals surface area contributed by atoms with E-state index in [-0.39, 0.29) is 0 Å². The summed E-state index contributed by atoms with van der Waals surface area (Å²) in [5, 5.41) is 16.6. The minimum atomic E-state index is 0.353. The van der Waals surface area contributed by atoms with Gasteiger partial charge in [0.05, 0.1) is 17.2 Å². The van der Waals surface area contributed by atoms with Crippen LogP contribution >= 0.6 is 50.9 Å². The first-order chi connectivity index (χ1) is 14.5. The van der Waals surface area contributed by atoms with Crippen molar-refractivity contribution in [1.29, 1.82) is 0 Å². The molecule has 0 bridgehead atoms. The minimum Gasteiger partial charge on any atom is -0.493 e. The van der Waals surface area contributed by atoms with E-state index in [1.165, 1.54) is 0 Å². The van der Waals surface area contributed by atoms with Crippen LogP contribution in [0.5, 0.6) is 11.5 Å². The van der Waals surface area contributed by atoms with Gasteiger partial charge in [-0.2, -0.15) is 0 Å². The minimum absolute atomic E-state index is 0.353. The summed E-state index contributed by atoms with van der Waals surface area (Å²) in [5.74, 6) is 2.16. The first-order valence-electron chi connectivity index (χ1n) is 8.97. The van der Waals surface area contributed by atoms with Crippen molar-refractivity contribution in [1.82, 2.24) is 25.5 Å². The molecule has 7 nitrogen and oxygen atoms in total. The molecule has 30 heavy (non-hydrogen) atoms. The number of nitrogens with zero attached hydrogens (tertiary/aromatic N) is 4. The quantitative estimate of drug-likeness (QED) is 0.298. The van der Waals surface area contributed by atoms with Gasteiger partial charge >= 0.3 is 0 Å². The molecule has 3 rings (SSSR count). The average Bonchev–Trinajstić information content (AvgIpc) is 3.14. The highest BCUT2D eigenvalue weighted by Gasteiger charge is 2.11. The van der Waals surface area contributed by atoms with Crippen molar-refractivity contribution in [3.05, 3.63) is 56.0 Å². The van der Waals surface area contributed by atoms with E-state index >= 15 is 0 Å². The number of methoxy groups -OCH3 is 1. The lowest BCUT2D eigenvalue weighted by molar-refractivity contribution is 0.284. The Balaban J connectivity index is 1.55. The summed E-state index contributed by atoms with van der Waals surface area (Å²) in [5.41, 5.74) is 1.99. The maximum absolute atomic E-state index is 6.07. The van der Waals surface area contributed by atoms with E-state index in [1.54, 1.807) is 35.7 Å². The number of thioether (sulfide) groups is 1. The number of tetrazole rings is 1. The molecule has 160 valence electrons. The Bertz CT molecular complexity index is 1010. The van der Waals surface area contributed by atoms with E-state index in [0.29, 0.717) is 34.7 Å². The van der Waals surface area contributed by atoms with Crippen LogP contribution in [-0.4, -0.2) is 39.6 Å². The van der Waals surface area contributed by atoms with Crippen molar-refractivity contribution >= 4 is 50.9 Å². The Hall–Kier alpha value is -1.52. The molecular formula is C19H20BrCl2N5O2S. The van der Waals surface area contributed by atoms with Crippen LogP contribution in [0.3, 0.4) is 0 Å². The number of ether oxygens (including phenoxy) is 2. The summed E-state index contributed by atoms with van der Waals surface area (Å²) >= 11 is 17.2. The largest absolute Gasteiger partial charge is 0.493 e. The molecule has 0 aliphatic heterocycles. The summed E-state index contributed by atoms with van der Waals surface area (Å²) in [6.45, 7) is 1.84. The molecule has 0 atom stereocenters. The van der Waals surface area contributed by atoms with Crippen molar-refractivity contribution in [2.75, 3.05) is 19.4 Å². The summed E-state index contributed by atoms with van der Waals surface area (Å²) in [4.78, 5) is 0. The predicted molar refractivity (Wildman–Crippen MR) is 123 cm³/mol. The van der Waals surface area contributed by atoms with Gasteiger partial charge in [0.1, 0.15) is 6.61 Å². The second kappa shape index (κ2) is 11.2. The topological polar surface area (TPSA) is 74.1 Å². The number of nitrogens with one attached hydrogen (secondary N) is 1. The Morgan fingerprint density at radius 1 is 1.17 bits per heavy atom. The molecule has 0 saturated heterocycles. The van der Waals surface area contributed by atoms with Crippen LogP contribution in [0, 0.1) is 0 Å². The van der Waals surface area contributed by atoms with Gasteiger partial charge in [-0.15, -0.1) is 5.10 Å². The number of hydrogen-bond donors (Lipinski definition) is 1. The maximum atomic E-state index is 6.07. The van der Waals surface area contributed by atoms with E-state index in [4.69, 9.17) is 32.7 Å². The first kappa shape index (κ1) is 23.1. The third kappa shape index (κ3) is 6.24. The van der Waals surface area contributed by atoms with Crippen LogP contribution in [0.2, 0.25) is 10.0 Å². The van der Waals surface area contributed by atoms with Crippen LogP contribution in [0.25, 0.3) is 0 Å². The molecule has 0 radical (unpaired) electrons. The molecule has 0 fully saturated rings. The Morgan fingerprint density at radius 3 is 2.70 bits per heavy atom. The SMILES string of the molecule is COc1cc(CNCCSc2nnnn2C)c(Br)cc1OCc1ccc(Cl)c(Cl)c1. The highest BCUT2D eigenvalue weighted by molar-refractivity contribution is 9.10. The summed E-state index contributed by atoms with van der Waals surface area (Å²) < 4.78 is 14.0. The Labute approximate surface area is 197 Å². The zero-order valence-electron chi connectivity index (χ0n) is 16.4. The molecule has 0 unspecified atom stereocenters. The molecule has 1 N–H and O–H groups in total. The fourth-order valence-corrected chi connectivity index (χ4v) is 4.09. The van der Waals surface area contributed by atoms with Gasteiger partial charge in [-0.25, -0.2) is 4.68 Å². The van der Waals surface area contributed by atoms with Crippen molar-refractivity contribution in [2.45, 2.75) is 18.3 Å². The lowest BCUT2D eigenvalue weighted by Crippen LogP contribution is -2.17. The van der Waals surface area contributed by atoms with Crippen LogP contribution < -0.4 is 14.8 Å². The van der Waals surface area contributed by atoms with Crippen molar-refractivity contribution in [3.8, 4) is 11.5 Å². The average molecular weight is 533 g/mol.